The van der Waals surface area contributed by atoms with Crippen molar-refractivity contribution in [2.75, 3.05) is 0 Å². The summed E-state index contributed by atoms with van der Waals surface area (Å²) < 4.78 is 0. The molecular formula is C16H15NS. The molecule has 2 aromatic rings. The van der Waals surface area contributed by atoms with Crippen LogP contribution in [-0.2, 0) is 12.8 Å². The highest BCUT2D eigenvalue weighted by atomic mass is 32.1. The second kappa shape index (κ2) is 4.91. The molecule has 1 aliphatic rings. The van der Waals surface area contributed by atoms with E-state index in [1.54, 1.807) is 0 Å². The van der Waals surface area contributed by atoms with Crippen LogP contribution >= 0.6 is 11.3 Å². The van der Waals surface area contributed by atoms with Crippen LogP contribution in [0.4, 0.5) is 0 Å². The molecule has 2 heteroatoms. The largest absolute Gasteiger partial charge is 0.240 e. The van der Waals surface area contributed by atoms with Crippen molar-refractivity contribution in [1.82, 2.24) is 4.98 Å². The van der Waals surface area contributed by atoms with E-state index in [2.05, 4.69) is 55.5 Å². The molecule has 0 saturated carbocycles. The molecule has 1 nitrogen and oxygen atoms in total. The molecule has 1 aliphatic carbocycles. The van der Waals surface area contributed by atoms with Gasteiger partial charge in [-0.1, -0.05) is 48.1 Å². The number of aromatic nitrogens is 1. The first-order valence-corrected chi connectivity index (χ1v) is 7.02. The maximum absolute atomic E-state index is 4.80. The predicted molar refractivity (Wildman–Crippen MR) is 78.0 cm³/mol. The van der Waals surface area contributed by atoms with Crippen molar-refractivity contribution in [3.8, 4) is 10.6 Å². The van der Waals surface area contributed by atoms with Gasteiger partial charge in [-0.2, -0.15) is 0 Å². The van der Waals surface area contributed by atoms with Crippen LogP contribution in [0, 0.1) is 6.92 Å². The van der Waals surface area contributed by atoms with E-state index < -0.39 is 0 Å². The average molecular weight is 253 g/mol. The third-order valence-electron chi connectivity index (χ3n) is 3.04. The first-order valence-electron chi connectivity index (χ1n) is 6.20. The van der Waals surface area contributed by atoms with Crippen LogP contribution < -0.4 is 0 Å². The molecule has 0 unspecified atom stereocenters. The minimum absolute atomic E-state index is 0.946. The molecule has 0 atom stereocenters. The highest BCUT2D eigenvalue weighted by molar-refractivity contribution is 7.15. The Hall–Kier alpha value is -1.67. The van der Waals surface area contributed by atoms with Crippen LogP contribution in [0.2, 0.25) is 0 Å². The number of thiazole rings is 1. The van der Waals surface area contributed by atoms with E-state index in [0.29, 0.717) is 0 Å². The topological polar surface area (TPSA) is 12.9 Å². The molecule has 0 amide bonds. The Bertz CT molecular complexity index is 588. The summed E-state index contributed by atoms with van der Waals surface area (Å²) >= 11 is 1.82. The lowest BCUT2D eigenvalue weighted by atomic mass is 10.1. The molecule has 0 bridgehead atoms. The zero-order valence-electron chi connectivity index (χ0n) is 10.4. The minimum Gasteiger partial charge on any atom is -0.240 e. The number of nitrogens with zero attached hydrogens (tertiary/aromatic N) is 1. The van der Waals surface area contributed by atoms with Crippen molar-refractivity contribution >= 4 is 11.3 Å². The summed E-state index contributed by atoms with van der Waals surface area (Å²) in [5.74, 6) is 0. The van der Waals surface area contributed by atoms with E-state index in [1.165, 1.54) is 21.7 Å². The van der Waals surface area contributed by atoms with E-state index in [9.17, 15) is 0 Å². The molecule has 90 valence electrons. The van der Waals surface area contributed by atoms with Gasteiger partial charge >= 0.3 is 0 Å². The maximum atomic E-state index is 4.80. The van der Waals surface area contributed by atoms with Gasteiger partial charge in [-0.25, -0.2) is 4.98 Å². The number of hydrogen-bond acceptors (Lipinski definition) is 2. The van der Waals surface area contributed by atoms with E-state index in [4.69, 9.17) is 4.98 Å². The number of aryl methyl sites for hydroxylation is 1. The Kier molecular flexibility index (Phi) is 3.11. The zero-order valence-corrected chi connectivity index (χ0v) is 11.2. The van der Waals surface area contributed by atoms with Gasteiger partial charge in [0.25, 0.3) is 0 Å². The lowest BCUT2D eigenvalue weighted by Gasteiger charge is -1.97. The second-order valence-corrected chi connectivity index (χ2v) is 5.61. The normalized spacial score (nSPS) is 15.8. The molecule has 18 heavy (non-hydrogen) atoms. The lowest BCUT2D eigenvalue weighted by molar-refractivity contribution is 1.09. The Morgan fingerprint density at radius 2 is 1.94 bits per heavy atom. The summed E-state index contributed by atoms with van der Waals surface area (Å²) in [4.78, 5) is 6.19. The first kappa shape index (κ1) is 11.4. The number of hydrogen-bond donors (Lipinski definition) is 0. The summed E-state index contributed by atoms with van der Waals surface area (Å²) in [5.41, 5.74) is 3.76. The molecule has 0 spiro atoms. The monoisotopic (exact) mass is 253 g/mol. The average Bonchev–Trinajstić information content (AvgIpc) is 2.72. The Balaban J connectivity index is 2.02. The van der Waals surface area contributed by atoms with Gasteiger partial charge in [0.15, 0.2) is 0 Å². The molecule has 0 N–H and O–H groups in total. The number of fused-ring (bicyclic) bond motifs is 1. The van der Waals surface area contributed by atoms with Gasteiger partial charge in [-0.15, -0.1) is 11.3 Å². The van der Waals surface area contributed by atoms with E-state index in [1.807, 2.05) is 11.3 Å². The molecule has 1 aromatic heterocycles. The highest BCUT2D eigenvalue weighted by Gasteiger charge is 2.11. The quantitative estimate of drug-likeness (QED) is 0.737. The Morgan fingerprint density at radius 1 is 1.11 bits per heavy atom. The van der Waals surface area contributed by atoms with Crippen LogP contribution in [0.3, 0.4) is 0 Å². The smallest absolute Gasteiger partial charge is 0.123 e. The van der Waals surface area contributed by atoms with Crippen molar-refractivity contribution in [2.24, 2.45) is 0 Å². The van der Waals surface area contributed by atoms with Gasteiger partial charge in [0, 0.05) is 23.3 Å². The first-order chi connectivity index (χ1) is 8.83. The zero-order chi connectivity index (χ0) is 12.4. The molecule has 1 aromatic carbocycles. The predicted octanol–water partition coefficient (Wildman–Crippen LogP) is 4.33. The summed E-state index contributed by atoms with van der Waals surface area (Å²) in [6, 6.07) is 8.57. The summed E-state index contributed by atoms with van der Waals surface area (Å²) in [7, 11) is 0. The van der Waals surface area contributed by atoms with Crippen molar-refractivity contribution in [2.45, 2.75) is 19.8 Å². The van der Waals surface area contributed by atoms with E-state index >= 15 is 0 Å². The molecule has 0 aliphatic heterocycles. The summed E-state index contributed by atoms with van der Waals surface area (Å²) in [6.45, 7) is 2.12. The fraction of sp³-hybridized carbons (Fsp3) is 0.188. The Labute approximate surface area is 112 Å². The fourth-order valence-corrected chi connectivity index (χ4v) is 3.18. The molecule has 0 saturated heterocycles. The van der Waals surface area contributed by atoms with Gasteiger partial charge in [0.2, 0.25) is 0 Å². The van der Waals surface area contributed by atoms with Gasteiger partial charge in [0.05, 0.1) is 5.69 Å². The third kappa shape index (κ3) is 2.29. The fourth-order valence-electron chi connectivity index (χ4n) is 2.12. The van der Waals surface area contributed by atoms with Crippen molar-refractivity contribution < 1.29 is 0 Å². The summed E-state index contributed by atoms with van der Waals surface area (Å²) in [5, 5.41) is 1.15. The molecule has 3 rings (SSSR count). The molecule has 0 fully saturated rings. The number of allylic oxidation sites excluding steroid dienone is 4. The maximum Gasteiger partial charge on any atom is 0.123 e. The van der Waals surface area contributed by atoms with Crippen LogP contribution in [0.1, 0.15) is 16.1 Å². The van der Waals surface area contributed by atoms with Crippen LogP contribution in [0.15, 0.2) is 48.6 Å². The highest BCUT2D eigenvalue weighted by Crippen LogP contribution is 2.30. The number of benzene rings is 1. The van der Waals surface area contributed by atoms with Crippen LogP contribution in [0.5, 0.6) is 0 Å². The van der Waals surface area contributed by atoms with Gasteiger partial charge in [-0.3, -0.25) is 0 Å². The summed E-state index contributed by atoms with van der Waals surface area (Å²) in [6.07, 6.45) is 10.6. The number of rotatable bonds is 1. The van der Waals surface area contributed by atoms with E-state index in [-0.39, 0.29) is 0 Å². The van der Waals surface area contributed by atoms with Gasteiger partial charge in [0.1, 0.15) is 5.01 Å². The Morgan fingerprint density at radius 3 is 2.78 bits per heavy atom. The van der Waals surface area contributed by atoms with Gasteiger partial charge in [-0.05, 0) is 13.0 Å². The van der Waals surface area contributed by atoms with Crippen molar-refractivity contribution in [3.05, 3.63) is 64.7 Å². The molecular weight excluding hydrogens is 238 g/mol. The molecule has 1 heterocycles. The van der Waals surface area contributed by atoms with Crippen LogP contribution in [-0.4, -0.2) is 4.98 Å². The standard InChI is InChI=1S/C16H15NS/c1-12-7-6-8-13(11-12)16-17-14-9-4-2-3-5-10-15(14)18-16/h2-8,11H,9-10H2,1H3/b4-2-,5-3?. The second-order valence-electron chi connectivity index (χ2n) is 4.52. The van der Waals surface area contributed by atoms with Gasteiger partial charge < -0.3 is 0 Å². The van der Waals surface area contributed by atoms with E-state index in [0.717, 1.165) is 17.8 Å². The minimum atomic E-state index is 0.946. The SMILES string of the molecule is Cc1cccc(-c2nc3c(s2)CC=C/C=C\C3)c1. The third-order valence-corrected chi connectivity index (χ3v) is 4.21. The van der Waals surface area contributed by atoms with Crippen molar-refractivity contribution in [3.63, 3.8) is 0 Å². The lowest BCUT2D eigenvalue weighted by Crippen LogP contribution is -1.89. The van der Waals surface area contributed by atoms with Crippen molar-refractivity contribution in [1.29, 1.82) is 0 Å². The molecule has 0 radical (unpaired) electrons. The van der Waals surface area contributed by atoms with Crippen LogP contribution in [0.25, 0.3) is 10.6 Å².